The number of benzene rings is 2. The third-order valence-electron chi connectivity index (χ3n) is 4.98. The zero-order chi connectivity index (χ0) is 21.3. The maximum absolute atomic E-state index is 13.3. The highest BCUT2D eigenvalue weighted by Crippen LogP contribution is 2.28. The van der Waals surface area contributed by atoms with Crippen LogP contribution in [-0.2, 0) is 22.5 Å². The number of rotatable bonds is 4. The molecule has 0 aliphatic carbocycles. The summed E-state index contributed by atoms with van der Waals surface area (Å²) in [7, 11) is 1.96. The summed E-state index contributed by atoms with van der Waals surface area (Å²) < 4.78 is 31.5. The molecule has 2 aromatic carbocycles. The summed E-state index contributed by atoms with van der Waals surface area (Å²) in [5, 5.41) is 3.04. The lowest BCUT2D eigenvalue weighted by atomic mass is 9.96. The van der Waals surface area contributed by atoms with Gasteiger partial charge in [0.05, 0.1) is 11.1 Å². The SMILES string of the molecule is CN1CCc2nc3ccccc3c(C(=O)OCC(=O)Nc3ccc(F)c(F)c3)c2C1. The summed E-state index contributed by atoms with van der Waals surface area (Å²) in [6.45, 7) is 0.835. The Bertz CT molecular complexity index is 1150. The Labute approximate surface area is 171 Å². The van der Waals surface area contributed by atoms with Gasteiger partial charge in [0.25, 0.3) is 5.91 Å². The zero-order valence-corrected chi connectivity index (χ0v) is 16.2. The molecule has 6 nitrogen and oxygen atoms in total. The number of carbonyl (C=O) groups excluding carboxylic acids is 2. The Morgan fingerprint density at radius 1 is 1.17 bits per heavy atom. The average molecular weight is 411 g/mol. The summed E-state index contributed by atoms with van der Waals surface area (Å²) in [5.74, 6) is -3.37. The molecule has 154 valence electrons. The largest absolute Gasteiger partial charge is 0.452 e. The molecule has 8 heteroatoms. The maximum atomic E-state index is 13.3. The van der Waals surface area contributed by atoms with Crippen LogP contribution in [-0.4, -0.2) is 42.0 Å². The summed E-state index contributed by atoms with van der Waals surface area (Å²) in [5.41, 5.74) is 2.82. The van der Waals surface area contributed by atoms with Crippen molar-refractivity contribution in [3.63, 3.8) is 0 Å². The first kappa shape index (κ1) is 19.9. The molecule has 0 atom stereocenters. The van der Waals surface area contributed by atoms with E-state index in [2.05, 4.69) is 15.2 Å². The van der Waals surface area contributed by atoms with E-state index in [0.29, 0.717) is 29.4 Å². The van der Waals surface area contributed by atoms with Gasteiger partial charge in [-0.05, 0) is 25.2 Å². The Balaban J connectivity index is 1.55. The molecule has 0 fully saturated rings. The molecule has 3 aromatic rings. The second-order valence-corrected chi connectivity index (χ2v) is 7.17. The molecular formula is C22H19F2N3O3. The molecule has 0 radical (unpaired) electrons. The number of anilines is 1. The van der Waals surface area contributed by atoms with Crippen LogP contribution in [0.2, 0.25) is 0 Å². The minimum absolute atomic E-state index is 0.0725. The van der Waals surface area contributed by atoms with Crippen molar-refractivity contribution in [2.75, 3.05) is 25.5 Å². The van der Waals surface area contributed by atoms with Crippen LogP contribution in [0.4, 0.5) is 14.5 Å². The van der Waals surface area contributed by atoms with E-state index < -0.39 is 30.1 Å². The molecular weight excluding hydrogens is 392 g/mol. The topological polar surface area (TPSA) is 71.5 Å². The first-order valence-corrected chi connectivity index (χ1v) is 9.43. The van der Waals surface area contributed by atoms with Crippen LogP contribution in [0.5, 0.6) is 0 Å². The number of nitrogens with one attached hydrogen (secondary N) is 1. The van der Waals surface area contributed by atoms with Gasteiger partial charge in [-0.25, -0.2) is 13.6 Å². The average Bonchev–Trinajstić information content (AvgIpc) is 2.73. The number of esters is 1. The number of halogens is 2. The number of nitrogens with zero attached hydrogens (tertiary/aromatic N) is 2. The monoisotopic (exact) mass is 411 g/mol. The van der Waals surface area contributed by atoms with Gasteiger partial charge in [0.1, 0.15) is 0 Å². The van der Waals surface area contributed by atoms with Gasteiger partial charge in [-0.15, -0.1) is 0 Å². The Morgan fingerprint density at radius 2 is 1.97 bits per heavy atom. The van der Waals surface area contributed by atoms with Crippen LogP contribution < -0.4 is 5.32 Å². The Kier molecular flexibility index (Phi) is 5.41. The molecule has 30 heavy (non-hydrogen) atoms. The van der Waals surface area contributed by atoms with Crippen molar-refractivity contribution in [2.24, 2.45) is 0 Å². The molecule has 0 saturated carbocycles. The van der Waals surface area contributed by atoms with E-state index in [4.69, 9.17) is 4.74 Å². The lowest BCUT2D eigenvalue weighted by Crippen LogP contribution is -2.30. The smallest absolute Gasteiger partial charge is 0.339 e. The number of ether oxygens (including phenoxy) is 1. The molecule has 1 amide bonds. The first-order valence-electron chi connectivity index (χ1n) is 9.43. The first-order chi connectivity index (χ1) is 14.4. The molecule has 1 aliphatic heterocycles. The molecule has 1 N–H and O–H groups in total. The van der Waals surface area contributed by atoms with Crippen LogP contribution in [0.3, 0.4) is 0 Å². The van der Waals surface area contributed by atoms with Crippen LogP contribution >= 0.6 is 0 Å². The van der Waals surface area contributed by atoms with Crippen molar-refractivity contribution in [1.82, 2.24) is 9.88 Å². The van der Waals surface area contributed by atoms with E-state index in [1.807, 2.05) is 25.2 Å². The highest BCUT2D eigenvalue weighted by atomic mass is 19.2. The maximum Gasteiger partial charge on any atom is 0.339 e. The van der Waals surface area contributed by atoms with Crippen molar-refractivity contribution < 1.29 is 23.1 Å². The van der Waals surface area contributed by atoms with Crippen molar-refractivity contribution >= 4 is 28.5 Å². The second kappa shape index (κ2) is 8.16. The fourth-order valence-corrected chi connectivity index (χ4v) is 3.53. The van der Waals surface area contributed by atoms with Gasteiger partial charge in [0.2, 0.25) is 0 Å². The fraction of sp³-hybridized carbons (Fsp3) is 0.227. The van der Waals surface area contributed by atoms with E-state index in [0.717, 1.165) is 29.9 Å². The number of amides is 1. The van der Waals surface area contributed by atoms with Gasteiger partial charge in [0.15, 0.2) is 18.2 Å². The lowest BCUT2D eigenvalue weighted by molar-refractivity contribution is -0.119. The normalized spacial score (nSPS) is 13.7. The van der Waals surface area contributed by atoms with Crippen LogP contribution in [0.15, 0.2) is 42.5 Å². The second-order valence-electron chi connectivity index (χ2n) is 7.17. The predicted octanol–water partition coefficient (Wildman–Crippen LogP) is 3.30. The number of hydrogen-bond acceptors (Lipinski definition) is 5. The van der Waals surface area contributed by atoms with Crippen molar-refractivity contribution in [3.8, 4) is 0 Å². The highest BCUT2D eigenvalue weighted by molar-refractivity contribution is 6.06. The van der Waals surface area contributed by atoms with E-state index in [1.54, 1.807) is 6.07 Å². The zero-order valence-electron chi connectivity index (χ0n) is 16.2. The van der Waals surface area contributed by atoms with Gasteiger partial charge in [-0.1, -0.05) is 18.2 Å². The van der Waals surface area contributed by atoms with E-state index in [1.165, 1.54) is 6.07 Å². The number of fused-ring (bicyclic) bond motifs is 2. The van der Waals surface area contributed by atoms with Crippen LogP contribution in [0, 0.1) is 11.6 Å². The number of carbonyl (C=O) groups is 2. The Hall–Kier alpha value is -3.39. The number of para-hydroxylation sites is 1. The summed E-state index contributed by atoms with van der Waals surface area (Å²) >= 11 is 0. The minimum Gasteiger partial charge on any atom is -0.452 e. The third-order valence-corrected chi connectivity index (χ3v) is 4.98. The highest BCUT2D eigenvalue weighted by Gasteiger charge is 2.25. The quantitative estimate of drug-likeness (QED) is 0.667. The molecule has 0 unspecified atom stereocenters. The van der Waals surface area contributed by atoms with Gasteiger partial charge < -0.3 is 15.0 Å². The number of likely N-dealkylation sites (N-methyl/N-ethyl adjacent to an activating group) is 1. The van der Waals surface area contributed by atoms with Gasteiger partial charge in [-0.2, -0.15) is 0 Å². The van der Waals surface area contributed by atoms with E-state index >= 15 is 0 Å². The van der Waals surface area contributed by atoms with Crippen LogP contribution in [0.1, 0.15) is 21.6 Å². The van der Waals surface area contributed by atoms with Crippen molar-refractivity contribution in [1.29, 1.82) is 0 Å². The van der Waals surface area contributed by atoms with Gasteiger partial charge in [0, 0.05) is 47.9 Å². The minimum atomic E-state index is -1.08. The van der Waals surface area contributed by atoms with Crippen molar-refractivity contribution in [2.45, 2.75) is 13.0 Å². The molecule has 1 aliphatic rings. The number of hydrogen-bond donors (Lipinski definition) is 1. The molecule has 0 saturated heterocycles. The molecule has 0 spiro atoms. The summed E-state index contributed by atoms with van der Waals surface area (Å²) in [6, 6.07) is 10.3. The molecule has 0 bridgehead atoms. The summed E-state index contributed by atoms with van der Waals surface area (Å²) in [4.78, 5) is 31.8. The van der Waals surface area contributed by atoms with Crippen molar-refractivity contribution in [3.05, 3.63) is 70.9 Å². The number of pyridine rings is 1. The standard InChI is InChI=1S/C22H19F2N3O3/c1-27-9-8-19-15(11-27)21(14-4-2-3-5-18(14)26-19)22(29)30-12-20(28)25-13-6-7-16(23)17(24)10-13/h2-7,10H,8-9,11-12H2,1H3,(H,25,28). The van der Waals surface area contributed by atoms with Gasteiger partial charge >= 0.3 is 5.97 Å². The Morgan fingerprint density at radius 3 is 2.77 bits per heavy atom. The molecule has 2 heterocycles. The lowest BCUT2D eigenvalue weighted by Gasteiger charge is -2.26. The summed E-state index contributed by atoms with van der Waals surface area (Å²) in [6.07, 6.45) is 0.716. The fourth-order valence-electron chi connectivity index (χ4n) is 3.53. The molecule has 1 aromatic heterocycles. The molecule has 4 rings (SSSR count). The number of aromatic nitrogens is 1. The van der Waals surface area contributed by atoms with E-state index in [9.17, 15) is 18.4 Å². The van der Waals surface area contributed by atoms with Crippen LogP contribution in [0.25, 0.3) is 10.9 Å². The third kappa shape index (κ3) is 3.99. The van der Waals surface area contributed by atoms with E-state index in [-0.39, 0.29) is 5.69 Å². The predicted molar refractivity (Wildman–Crippen MR) is 107 cm³/mol. The van der Waals surface area contributed by atoms with Gasteiger partial charge in [-0.3, -0.25) is 9.78 Å².